The van der Waals surface area contributed by atoms with Crippen LogP contribution in [0.1, 0.15) is 47.4 Å². The lowest BCUT2D eigenvalue weighted by molar-refractivity contribution is -0.126. The maximum absolute atomic E-state index is 12.9. The molecule has 1 unspecified atom stereocenters. The number of benzene rings is 2. The third kappa shape index (κ3) is 4.71. The number of fused-ring (bicyclic) bond motifs is 1. The Labute approximate surface area is 221 Å². The molecule has 8 nitrogen and oxygen atoms in total. The second kappa shape index (κ2) is 10.4. The predicted octanol–water partition coefficient (Wildman–Crippen LogP) is 4.74. The second-order valence-electron chi connectivity index (χ2n) is 9.61. The lowest BCUT2D eigenvalue weighted by atomic mass is 10.0. The highest BCUT2D eigenvalue weighted by atomic mass is 16.2. The predicted molar refractivity (Wildman–Crippen MR) is 150 cm³/mol. The van der Waals surface area contributed by atoms with Crippen molar-refractivity contribution in [2.24, 2.45) is 0 Å². The molecule has 1 atom stereocenters. The average Bonchev–Trinajstić information content (AvgIpc) is 3.22. The number of likely N-dealkylation sites (tertiary alicyclic amines) is 1. The first-order valence-corrected chi connectivity index (χ1v) is 12.7. The van der Waals surface area contributed by atoms with Crippen molar-refractivity contribution >= 4 is 34.4 Å². The molecule has 8 heteroatoms. The summed E-state index contributed by atoms with van der Waals surface area (Å²) >= 11 is 0. The molecule has 0 bridgehead atoms. The van der Waals surface area contributed by atoms with Crippen molar-refractivity contribution in [3.8, 4) is 23.0 Å². The molecule has 2 aromatic heterocycles. The number of amides is 2. The zero-order valence-corrected chi connectivity index (χ0v) is 21.8. The Morgan fingerprint density at radius 1 is 1.11 bits per heavy atom. The summed E-state index contributed by atoms with van der Waals surface area (Å²) < 4.78 is 2.18. The fourth-order valence-corrected chi connectivity index (χ4v) is 5.32. The van der Waals surface area contributed by atoms with Gasteiger partial charge in [0.25, 0.3) is 11.8 Å². The number of anilines is 2. The van der Waals surface area contributed by atoms with Gasteiger partial charge in [0.2, 0.25) is 0 Å². The third-order valence-electron chi connectivity index (χ3n) is 7.05. The molecule has 3 N–H and O–H groups in total. The molecule has 0 aliphatic carbocycles. The quantitative estimate of drug-likeness (QED) is 0.389. The van der Waals surface area contributed by atoms with Crippen LogP contribution in [0.5, 0.6) is 0 Å². The summed E-state index contributed by atoms with van der Waals surface area (Å²) in [5, 5.41) is 3.73. The largest absolute Gasteiger partial charge is 0.383 e. The molecule has 1 aliphatic heterocycles. The smallest absolute Gasteiger partial charge is 0.298 e. The Bertz CT molecular complexity index is 1590. The average molecular weight is 507 g/mol. The highest BCUT2D eigenvalue weighted by Crippen LogP contribution is 2.39. The Morgan fingerprint density at radius 2 is 1.89 bits per heavy atom. The summed E-state index contributed by atoms with van der Waals surface area (Å²) in [5.74, 6) is 5.44. The molecule has 5 rings (SSSR count). The van der Waals surface area contributed by atoms with Crippen LogP contribution in [0.25, 0.3) is 22.2 Å². The number of hydrogen-bond acceptors (Lipinski definition) is 5. The van der Waals surface area contributed by atoms with Crippen LogP contribution in [0.4, 0.5) is 11.5 Å². The molecule has 0 saturated carbocycles. The van der Waals surface area contributed by atoms with Gasteiger partial charge in [0.15, 0.2) is 0 Å². The van der Waals surface area contributed by atoms with Crippen molar-refractivity contribution in [1.82, 2.24) is 19.4 Å². The van der Waals surface area contributed by atoms with Gasteiger partial charge in [-0.1, -0.05) is 30.2 Å². The van der Waals surface area contributed by atoms with Crippen LogP contribution in [-0.4, -0.2) is 44.3 Å². The fourth-order valence-electron chi connectivity index (χ4n) is 5.32. The van der Waals surface area contributed by atoms with Gasteiger partial charge in [-0.05, 0) is 74.9 Å². The Hall–Kier alpha value is -4.64. The lowest BCUT2D eigenvalue weighted by Crippen LogP contribution is -2.40. The van der Waals surface area contributed by atoms with E-state index in [0.29, 0.717) is 24.5 Å². The monoisotopic (exact) mass is 506 g/mol. The molecule has 1 aliphatic rings. The van der Waals surface area contributed by atoms with Crippen LogP contribution in [0, 0.1) is 25.7 Å². The molecule has 2 aromatic carbocycles. The van der Waals surface area contributed by atoms with Gasteiger partial charge in [0, 0.05) is 35.6 Å². The summed E-state index contributed by atoms with van der Waals surface area (Å²) in [5.41, 5.74) is 12.4. The van der Waals surface area contributed by atoms with E-state index in [-0.39, 0.29) is 17.9 Å². The maximum atomic E-state index is 12.9. The van der Waals surface area contributed by atoms with Crippen molar-refractivity contribution in [3.05, 3.63) is 71.7 Å². The van der Waals surface area contributed by atoms with Crippen LogP contribution in [0.2, 0.25) is 0 Å². The van der Waals surface area contributed by atoms with Crippen molar-refractivity contribution in [3.63, 3.8) is 0 Å². The van der Waals surface area contributed by atoms with Crippen molar-refractivity contribution in [2.75, 3.05) is 24.1 Å². The van der Waals surface area contributed by atoms with Gasteiger partial charge in [-0.3, -0.25) is 9.59 Å². The van der Waals surface area contributed by atoms with E-state index in [2.05, 4.69) is 31.7 Å². The molecular weight excluding hydrogens is 476 g/mol. The minimum Gasteiger partial charge on any atom is -0.383 e. The fraction of sp³-hybridized carbons (Fsp3) is 0.267. The van der Waals surface area contributed by atoms with E-state index in [0.717, 1.165) is 51.9 Å². The SMILES string of the molecule is CC#CC(=O)N1CCCC(n2c(C)c(-c3ccc(C(=O)Nc4cccc(C)c4)cc3)c3c(N)ncnc32)C1. The summed E-state index contributed by atoms with van der Waals surface area (Å²) in [4.78, 5) is 36.0. The topological polar surface area (TPSA) is 106 Å². The van der Waals surface area contributed by atoms with E-state index in [9.17, 15) is 9.59 Å². The molecule has 2 amide bonds. The van der Waals surface area contributed by atoms with Crippen LogP contribution < -0.4 is 11.1 Å². The maximum Gasteiger partial charge on any atom is 0.298 e. The van der Waals surface area contributed by atoms with Gasteiger partial charge in [-0.2, -0.15) is 0 Å². The highest BCUT2D eigenvalue weighted by molar-refractivity contribution is 6.06. The normalized spacial score (nSPS) is 15.1. The molecule has 192 valence electrons. The zero-order chi connectivity index (χ0) is 26.8. The number of carbonyl (C=O) groups excluding carboxylic acids is 2. The Morgan fingerprint density at radius 3 is 2.63 bits per heavy atom. The van der Waals surface area contributed by atoms with Crippen LogP contribution in [-0.2, 0) is 4.79 Å². The molecular formula is C30H30N6O2. The van der Waals surface area contributed by atoms with Gasteiger partial charge >= 0.3 is 0 Å². The molecule has 0 spiro atoms. The second-order valence-corrected chi connectivity index (χ2v) is 9.61. The molecule has 1 saturated heterocycles. The third-order valence-corrected chi connectivity index (χ3v) is 7.05. The summed E-state index contributed by atoms with van der Waals surface area (Å²) in [6.45, 7) is 6.95. The van der Waals surface area contributed by atoms with Crippen molar-refractivity contribution < 1.29 is 9.59 Å². The van der Waals surface area contributed by atoms with Gasteiger partial charge in [-0.25, -0.2) is 9.97 Å². The standard InChI is InChI=1S/C30H30N6O2/c1-4-7-25(37)35-15-6-10-24(17-35)36-20(3)26(27-28(31)32-18-33-29(27)36)21-11-13-22(14-12-21)30(38)34-23-9-5-8-19(2)16-23/h5,8-9,11-14,16,18,24H,6,10,15,17H2,1-3H3,(H,34,38)(H2,31,32,33). The molecule has 0 radical (unpaired) electrons. The van der Waals surface area contributed by atoms with Crippen molar-refractivity contribution in [2.45, 2.75) is 39.7 Å². The summed E-state index contributed by atoms with van der Waals surface area (Å²) in [6.07, 6.45) is 3.27. The first-order chi connectivity index (χ1) is 18.4. The number of aryl methyl sites for hydroxylation is 1. The van der Waals surface area contributed by atoms with E-state index >= 15 is 0 Å². The van der Waals surface area contributed by atoms with Gasteiger partial charge in [0.05, 0.1) is 11.4 Å². The highest BCUT2D eigenvalue weighted by Gasteiger charge is 2.29. The van der Waals surface area contributed by atoms with Crippen molar-refractivity contribution in [1.29, 1.82) is 0 Å². The zero-order valence-electron chi connectivity index (χ0n) is 21.8. The van der Waals surface area contributed by atoms with E-state index in [1.54, 1.807) is 6.92 Å². The molecule has 1 fully saturated rings. The Kier molecular flexibility index (Phi) is 6.84. The number of nitrogens with zero attached hydrogens (tertiary/aromatic N) is 4. The molecule has 38 heavy (non-hydrogen) atoms. The number of nitrogen functional groups attached to an aromatic ring is 1. The number of nitrogens with one attached hydrogen (secondary N) is 1. The van der Waals surface area contributed by atoms with Gasteiger partial charge < -0.3 is 20.5 Å². The van der Waals surface area contributed by atoms with Crippen LogP contribution in [0.3, 0.4) is 0 Å². The first-order valence-electron chi connectivity index (χ1n) is 12.7. The molecule has 3 heterocycles. The Balaban J connectivity index is 1.50. The number of piperidine rings is 1. The summed E-state index contributed by atoms with van der Waals surface area (Å²) in [7, 11) is 0. The van der Waals surface area contributed by atoms with E-state index in [4.69, 9.17) is 5.73 Å². The first kappa shape index (κ1) is 25.0. The van der Waals surface area contributed by atoms with E-state index < -0.39 is 0 Å². The minimum absolute atomic E-state index is 0.0382. The number of rotatable bonds is 4. The van der Waals surface area contributed by atoms with Crippen LogP contribution in [0.15, 0.2) is 54.9 Å². The van der Waals surface area contributed by atoms with E-state index in [1.165, 1.54) is 6.33 Å². The lowest BCUT2D eigenvalue weighted by Gasteiger charge is -2.33. The van der Waals surface area contributed by atoms with Gasteiger partial charge in [0.1, 0.15) is 17.8 Å². The van der Waals surface area contributed by atoms with Crippen LogP contribution >= 0.6 is 0 Å². The summed E-state index contributed by atoms with van der Waals surface area (Å²) in [6, 6.07) is 15.2. The number of nitrogens with two attached hydrogens (primary N) is 1. The number of carbonyl (C=O) groups is 2. The number of hydrogen-bond donors (Lipinski definition) is 2. The van der Waals surface area contributed by atoms with E-state index in [1.807, 2.05) is 67.3 Å². The number of aromatic nitrogens is 3. The molecule has 4 aromatic rings. The minimum atomic E-state index is -0.175. The van der Waals surface area contributed by atoms with Gasteiger partial charge in [-0.15, -0.1) is 0 Å².